The molecule has 134 valence electrons. The third-order valence-corrected chi connectivity index (χ3v) is 4.07. The summed E-state index contributed by atoms with van der Waals surface area (Å²) in [6.45, 7) is 3.53. The molecule has 1 fully saturated rings. The zero-order valence-corrected chi connectivity index (χ0v) is 13.3. The number of nitrogens with zero attached hydrogens (tertiary/aromatic N) is 1. The molecular weight excluding hydrogens is 328 g/mol. The lowest BCUT2D eigenvalue weighted by Gasteiger charge is -2.16. The Kier molecular flexibility index (Phi) is 6.17. The van der Waals surface area contributed by atoms with E-state index in [0.717, 1.165) is 32.1 Å². The number of likely N-dealkylation sites (tertiary alicyclic amines) is 1. The highest BCUT2D eigenvalue weighted by Gasteiger charge is 2.34. The second-order valence-electron chi connectivity index (χ2n) is 5.85. The van der Waals surface area contributed by atoms with Gasteiger partial charge in [0.25, 0.3) is 5.91 Å². The molecule has 1 amide bonds. The van der Waals surface area contributed by atoms with Crippen molar-refractivity contribution in [1.82, 2.24) is 10.2 Å². The van der Waals surface area contributed by atoms with E-state index in [1.807, 2.05) is 0 Å². The van der Waals surface area contributed by atoms with Gasteiger partial charge in [0.15, 0.2) is 0 Å². The van der Waals surface area contributed by atoms with Crippen LogP contribution in [0.1, 0.15) is 22.3 Å². The van der Waals surface area contributed by atoms with Crippen LogP contribution >= 0.6 is 0 Å². The minimum Gasteiger partial charge on any atom is -0.383 e. The molecule has 1 aliphatic rings. The first-order valence-electron chi connectivity index (χ1n) is 7.67. The number of hydrogen-bond donors (Lipinski definition) is 1. The summed E-state index contributed by atoms with van der Waals surface area (Å²) in [7, 11) is 1.63. The number of benzene rings is 1. The van der Waals surface area contributed by atoms with Gasteiger partial charge < -0.3 is 15.0 Å². The monoisotopic (exact) mass is 348 g/mol. The van der Waals surface area contributed by atoms with Crippen molar-refractivity contribution in [2.45, 2.75) is 12.6 Å². The van der Waals surface area contributed by atoms with Gasteiger partial charge in [0, 0.05) is 32.3 Å². The Morgan fingerprint density at radius 2 is 2.17 bits per heavy atom. The fraction of sp³-hybridized carbons (Fsp3) is 0.562. The Hall–Kier alpha value is -1.67. The van der Waals surface area contributed by atoms with Gasteiger partial charge in [-0.05, 0) is 37.1 Å². The number of rotatable bonds is 6. The molecule has 1 aromatic carbocycles. The van der Waals surface area contributed by atoms with Crippen LogP contribution in [0.4, 0.5) is 17.6 Å². The van der Waals surface area contributed by atoms with E-state index < -0.39 is 23.5 Å². The number of halogens is 4. The van der Waals surface area contributed by atoms with Crippen LogP contribution in [0.2, 0.25) is 0 Å². The molecule has 0 aromatic heterocycles. The van der Waals surface area contributed by atoms with Crippen LogP contribution in [-0.2, 0) is 10.9 Å². The summed E-state index contributed by atoms with van der Waals surface area (Å²) < 4.78 is 56.3. The molecule has 8 heteroatoms. The van der Waals surface area contributed by atoms with Crippen LogP contribution in [0, 0.1) is 11.7 Å². The predicted octanol–water partition coefficient (Wildman–Crippen LogP) is 2.54. The normalized spacial score (nSPS) is 18.8. The van der Waals surface area contributed by atoms with E-state index in [2.05, 4.69) is 10.2 Å². The van der Waals surface area contributed by atoms with Crippen molar-refractivity contribution in [2.24, 2.45) is 5.92 Å². The van der Waals surface area contributed by atoms with Gasteiger partial charge in [-0.3, -0.25) is 4.79 Å². The SMILES string of the molecule is COCCN1CCC(CNC(=O)c2ccc(F)c(C(F)(F)F)c2)C1. The summed E-state index contributed by atoms with van der Waals surface area (Å²) in [5, 5.41) is 2.63. The third-order valence-electron chi connectivity index (χ3n) is 4.07. The van der Waals surface area contributed by atoms with Crippen molar-refractivity contribution in [2.75, 3.05) is 39.9 Å². The zero-order valence-electron chi connectivity index (χ0n) is 13.3. The van der Waals surface area contributed by atoms with Crippen molar-refractivity contribution in [3.8, 4) is 0 Å². The average Bonchev–Trinajstić information content (AvgIpc) is 2.97. The molecular formula is C16H20F4N2O2. The summed E-state index contributed by atoms with van der Waals surface area (Å²) in [6.07, 6.45) is -3.92. The molecule has 0 spiro atoms. The molecule has 24 heavy (non-hydrogen) atoms. The maximum absolute atomic E-state index is 13.2. The molecule has 4 nitrogen and oxygen atoms in total. The topological polar surface area (TPSA) is 41.6 Å². The van der Waals surface area contributed by atoms with Crippen molar-refractivity contribution in [3.63, 3.8) is 0 Å². The largest absolute Gasteiger partial charge is 0.419 e. The van der Waals surface area contributed by atoms with Gasteiger partial charge in [-0.15, -0.1) is 0 Å². The van der Waals surface area contributed by atoms with Crippen molar-refractivity contribution >= 4 is 5.91 Å². The lowest BCUT2D eigenvalue weighted by molar-refractivity contribution is -0.140. The second-order valence-corrected chi connectivity index (χ2v) is 5.85. The van der Waals surface area contributed by atoms with E-state index in [9.17, 15) is 22.4 Å². The molecule has 0 aliphatic carbocycles. The van der Waals surface area contributed by atoms with Crippen LogP contribution in [0.5, 0.6) is 0 Å². The number of hydrogen-bond acceptors (Lipinski definition) is 3. The third kappa shape index (κ3) is 4.91. The Balaban J connectivity index is 1.89. The summed E-state index contributed by atoms with van der Waals surface area (Å²) in [4.78, 5) is 14.2. The minimum absolute atomic E-state index is 0.196. The smallest absolute Gasteiger partial charge is 0.383 e. The standard InChI is InChI=1S/C16H20F4N2O2/c1-24-7-6-22-5-4-11(10-22)9-21-15(23)12-2-3-14(17)13(8-12)16(18,19)20/h2-3,8,11H,4-7,9-10H2,1H3,(H,21,23). The molecule has 0 saturated carbocycles. The Labute approximate surface area is 137 Å². The maximum atomic E-state index is 13.2. The molecule has 1 unspecified atom stereocenters. The molecule has 2 rings (SSSR count). The highest BCUT2D eigenvalue weighted by atomic mass is 19.4. The van der Waals surface area contributed by atoms with Crippen molar-refractivity contribution < 1.29 is 27.1 Å². The molecule has 1 saturated heterocycles. The number of alkyl halides is 3. The lowest BCUT2D eigenvalue weighted by Crippen LogP contribution is -2.32. The summed E-state index contributed by atoms with van der Waals surface area (Å²) >= 11 is 0. The number of carbonyl (C=O) groups is 1. The van der Waals surface area contributed by atoms with Gasteiger partial charge in [0.2, 0.25) is 0 Å². The van der Waals surface area contributed by atoms with E-state index >= 15 is 0 Å². The Morgan fingerprint density at radius 1 is 1.42 bits per heavy atom. The summed E-state index contributed by atoms with van der Waals surface area (Å²) in [5.74, 6) is -1.77. The van der Waals surface area contributed by atoms with Gasteiger partial charge in [-0.1, -0.05) is 0 Å². The van der Waals surface area contributed by atoms with E-state index in [4.69, 9.17) is 4.74 Å². The Morgan fingerprint density at radius 3 is 2.83 bits per heavy atom. The second kappa shape index (κ2) is 7.94. The van der Waals surface area contributed by atoms with Gasteiger partial charge in [-0.2, -0.15) is 13.2 Å². The molecule has 1 aromatic rings. The summed E-state index contributed by atoms with van der Waals surface area (Å²) in [5.41, 5.74) is -1.63. The highest BCUT2D eigenvalue weighted by molar-refractivity contribution is 5.94. The Bertz CT molecular complexity index is 578. The summed E-state index contributed by atoms with van der Waals surface area (Å²) in [6, 6.07) is 2.27. The number of nitrogens with one attached hydrogen (secondary N) is 1. The van der Waals surface area contributed by atoms with Crippen LogP contribution in [-0.4, -0.2) is 50.7 Å². The van der Waals surface area contributed by atoms with E-state index in [1.54, 1.807) is 7.11 Å². The van der Waals surface area contributed by atoms with Crippen LogP contribution < -0.4 is 5.32 Å². The molecule has 1 heterocycles. The first kappa shape index (κ1) is 18.7. The van der Waals surface area contributed by atoms with Crippen molar-refractivity contribution in [1.29, 1.82) is 0 Å². The first-order valence-corrected chi connectivity index (χ1v) is 7.67. The van der Waals surface area contributed by atoms with E-state index in [0.29, 0.717) is 25.3 Å². The zero-order chi connectivity index (χ0) is 17.7. The van der Waals surface area contributed by atoms with Crippen LogP contribution in [0.25, 0.3) is 0 Å². The fourth-order valence-electron chi connectivity index (χ4n) is 2.73. The average molecular weight is 348 g/mol. The van der Waals surface area contributed by atoms with E-state index in [-0.39, 0.29) is 11.5 Å². The molecule has 1 aliphatic heterocycles. The molecule has 0 bridgehead atoms. The minimum atomic E-state index is -4.83. The quantitative estimate of drug-likeness (QED) is 0.804. The predicted molar refractivity (Wildman–Crippen MR) is 80.2 cm³/mol. The number of carbonyl (C=O) groups excluding carboxylic acids is 1. The van der Waals surface area contributed by atoms with Gasteiger partial charge >= 0.3 is 6.18 Å². The number of ether oxygens (including phenoxy) is 1. The lowest BCUT2D eigenvalue weighted by atomic mass is 10.1. The molecule has 0 radical (unpaired) electrons. The van der Waals surface area contributed by atoms with Gasteiger partial charge in [0.05, 0.1) is 12.2 Å². The molecule has 1 N–H and O–H groups in total. The van der Waals surface area contributed by atoms with Crippen LogP contribution in [0.15, 0.2) is 18.2 Å². The first-order chi connectivity index (χ1) is 11.3. The van der Waals surface area contributed by atoms with Crippen molar-refractivity contribution in [3.05, 3.63) is 35.1 Å². The maximum Gasteiger partial charge on any atom is 0.419 e. The van der Waals surface area contributed by atoms with Gasteiger partial charge in [0.1, 0.15) is 5.82 Å². The number of amides is 1. The van der Waals surface area contributed by atoms with E-state index in [1.165, 1.54) is 0 Å². The highest BCUT2D eigenvalue weighted by Crippen LogP contribution is 2.31. The van der Waals surface area contributed by atoms with Gasteiger partial charge in [-0.25, -0.2) is 4.39 Å². The fourth-order valence-corrected chi connectivity index (χ4v) is 2.73. The number of methoxy groups -OCH3 is 1. The molecule has 1 atom stereocenters. The van der Waals surface area contributed by atoms with Crippen LogP contribution in [0.3, 0.4) is 0 Å².